The molecule has 1 aliphatic heterocycles. The molecule has 0 saturated carbocycles. The molecule has 2 aromatic carbocycles. The van der Waals surface area contributed by atoms with Crippen molar-refractivity contribution in [3.8, 4) is 17.2 Å². The molecule has 120 valence electrons. The summed E-state index contributed by atoms with van der Waals surface area (Å²) in [5.74, 6) is 2.59. The van der Waals surface area contributed by atoms with Crippen LogP contribution in [0.2, 0.25) is 11.6 Å². The van der Waals surface area contributed by atoms with Gasteiger partial charge < -0.3 is 9.39 Å². The first kappa shape index (κ1) is 16.0. The molecule has 0 N–H and O–H groups in total. The summed E-state index contributed by atoms with van der Waals surface area (Å²) in [6.45, 7) is 11.5. The maximum atomic E-state index is 6.17. The summed E-state index contributed by atoms with van der Waals surface area (Å²) in [6.07, 6.45) is 1.10. The van der Waals surface area contributed by atoms with E-state index < -0.39 is 0 Å². The van der Waals surface area contributed by atoms with Gasteiger partial charge in [0.15, 0.2) is 0 Å². The number of rotatable bonds is 4. The van der Waals surface area contributed by atoms with Gasteiger partial charge in [-0.3, -0.25) is 0 Å². The highest BCUT2D eigenvalue weighted by atomic mass is 16.5. The summed E-state index contributed by atoms with van der Waals surface area (Å²) in [5.41, 5.74) is 1.57. The molecule has 0 bridgehead atoms. The van der Waals surface area contributed by atoms with Crippen LogP contribution in [0, 0.1) is 12.3 Å². The minimum absolute atomic E-state index is 0.198. The van der Waals surface area contributed by atoms with E-state index in [-0.39, 0.29) is 12.2 Å². The summed E-state index contributed by atoms with van der Waals surface area (Å²) in [6, 6.07) is 16.0. The van der Waals surface area contributed by atoms with Gasteiger partial charge in [0.1, 0.15) is 11.5 Å². The van der Waals surface area contributed by atoms with Gasteiger partial charge in [-0.15, -0.1) is 0 Å². The molecule has 0 spiro atoms. The highest BCUT2D eigenvalue weighted by molar-refractivity contribution is 6.60. The fraction of sp³-hybridized carbons (Fsp3) is 0.400. The van der Waals surface area contributed by atoms with Crippen LogP contribution >= 0.6 is 0 Å². The fourth-order valence-electron chi connectivity index (χ4n) is 2.97. The molecule has 0 amide bonds. The maximum Gasteiger partial charge on any atom is 0.364 e. The number of ether oxygens (including phenoxy) is 1. The summed E-state index contributed by atoms with van der Waals surface area (Å²) in [4.78, 5) is 0. The van der Waals surface area contributed by atoms with Gasteiger partial charge in [-0.05, 0) is 60.4 Å². The monoisotopic (exact) mass is 308 g/mol. The third-order valence-electron chi connectivity index (χ3n) is 5.60. The van der Waals surface area contributed by atoms with Gasteiger partial charge in [0, 0.05) is 0 Å². The van der Waals surface area contributed by atoms with Crippen molar-refractivity contribution in [3.63, 3.8) is 0 Å². The zero-order valence-electron chi connectivity index (χ0n) is 14.7. The molecular formula is C20H25BO2. The van der Waals surface area contributed by atoms with E-state index in [2.05, 4.69) is 34.6 Å². The van der Waals surface area contributed by atoms with Crippen LogP contribution in [0.15, 0.2) is 48.5 Å². The largest absolute Gasteiger partial charge is 0.560 e. The second kappa shape index (κ2) is 5.63. The predicted molar refractivity (Wildman–Crippen MR) is 96.7 cm³/mol. The molecular weight excluding hydrogens is 283 g/mol. The quantitative estimate of drug-likeness (QED) is 0.647. The first-order valence-electron chi connectivity index (χ1n) is 8.29. The molecule has 0 radical (unpaired) electrons. The van der Waals surface area contributed by atoms with E-state index in [1.54, 1.807) is 0 Å². The van der Waals surface area contributed by atoms with Crippen LogP contribution in [0.4, 0.5) is 0 Å². The number of hydrogen-bond donors (Lipinski definition) is 0. The summed E-state index contributed by atoms with van der Waals surface area (Å²) in [7, 11) is 0. The molecule has 1 fully saturated rings. The van der Waals surface area contributed by atoms with Crippen molar-refractivity contribution in [1.29, 1.82) is 0 Å². The zero-order chi connectivity index (χ0) is 16.7. The lowest BCUT2D eigenvalue weighted by Crippen LogP contribution is -2.56. The predicted octanol–water partition coefficient (Wildman–Crippen LogP) is 5.98. The van der Waals surface area contributed by atoms with E-state index in [1.165, 1.54) is 5.56 Å². The Morgan fingerprint density at radius 1 is 0.783 bits per heavy atom. The van der Waals surface area contributed by atoms with Crippen LogP contribution in [0.1, 0.15) is 33.3 Å². The minimum Gasteiger partial charge on any atom is -0.560 e. The minimum atomic E-state index is 0.198. The Morgan fingerprint density at radius 2 is 1.26 bits per heavy atom. The maximum absolute atomic E-state index is 6.17. The topological polar surface area (TPSA) is 18.5 Å². The average molecular weight is 308 g/mol. The number of hydrogen-bond acceptors (Lipinski definition) is 2. The third-order valence-corrected chi connectivity index (χ3v) is 5.60. The molecule has 2 aromatic rings. The Kier molecular flexibility index (Phi) is 3.91. The van der Waals surface area contributed by atoms with E-state index in [1.807, 2.05) is 48.5 Å². The van der Waals surface area contributed by atoms with Gasteiger partial charge in [0.05, 0.1) is 5.75 Å². The second-order valence-corrected chi connectivity index (χ2v) is 7.80. The van der Waals surface area contributed by atoms with Crippen LogP contribution in [-0.2, 0) is 0 Å². The van der Waals surface area contributed by atoms with Gasteiger partial charge in [-0.25, -0.2) is 0 Å². The van der Waals surface area contributed by atoms with E-state index >= 15 is 0 Å². The Labute approximate surface area is 139 Å². The standard InChI is InChI=1S/C20H25BO2/c1-15-6-8-16(9-7-15)22-17-10-12-18(13-11-17)23-21-14-19(2,3)20(21,4)5/h6-13H,14H2,1-5H3. The van der Waals surface area contributed by atoms with Crippen LogP contribution in [0.3, 0.4) is 0 Å². The molecule has 2 nitrogen and oxygen atoms in total. The van der Waals surface area contributed by atoms with Crippen molar-refractivity contribution < 1.29 is 9.39 Å². The molecule has 0 aromatic heterocycles. The van der Waals surface area contributed by atoms with Crippen molar-refractivity contribution in [2.24, 2.45) is 5.41 Å². The first-order chi connectivity index (χ1) is 10.8. The van der Waals surface area contributed by atoms with E-state index in [9.17, 15) is 0 Å². The van der Waals surface area contributed by atoms with Gasteiger partial charge >= 0.3 is 6.92 Å². The van der Waals surface area contributed by atoms with Crippen molar-refractivity contribution >= 4 is 6.92 Å². The van der Waals surface area contributed by atoms with Crippen molar-refractivity contribution in [2.45, 2.75) is 46.3 Å². The average Bonchev–Trinajstić information content (AvgIpc) is 2.51. The highest BCUT2D eigenvalue weighted by Gasteiger charge is 2.59. The molecule has 1 aliphatic rings. The normalized spacial score (nSPS) is 18.2. The third kappa shape index (κ3) is 3.10. The fourth-order valence-corrected chi connectivity index (χ4v) is 2.97. The zero-order valence-corrected chi connectivity index (χ0v) is 14.7. The molecule has 1 heterocycles. The lowest BCUT2D eigenvalue weighted by atomic mass is 9.23. The van der Waals surface area contributed by atoms with Crippen LogP contribution in [-0.4, -0.2) is 6.92 Å². The number of aryl methyl sites for hydroxylation is 1. The second-order valence-electron chi connectivity index (χ2n) is 7.80. The van der Waals surface area contributed by atoms with Crippen molar-refractivity contribution in [1.82, 2.24) is 0 Å². The summed E-state index contributed by atoms with van der Waals surface area (Å²) in [5, 5.41) is 0.198. The smallest absolute Gasteiger partial charge is 0.364 e. The van der Waals surface area contributed by atoms with Gasteiger partial charge in [-0.2, -0.15) is 0 Å². The molecule has 0 atom stereocenters. The van der Waals surface area contributed by atoms with Gasteiger partial charge in [-0.1, -0.05) is 45.4 Å². The summed E-state index contributed by atoms with van der Waals surface area (Å²) < 4.78 is 12.0. The van der Waals surface area contributed by atoms with Gasteiger partial charge in [0.25, 0.3) is 0 Å². The first-order valence-corrected chi connectivity index (χ1v) is 8.29. The van der Waals surface area contributed by atoms with Crippen LogP contribution < -0.4 is 9.39 Å². The molecule has 23 heavy (non-hydrogen) atoms. The van der Waals surface area contributed by atoms with Crippen LogP contribution in [0.5, 0.6) is 17.2 Å². The van der Waals surface area contributed by atoms with E-state index in [0.29, 0.717) is 5.41 Å². The van der Waals surface area contributed by atoms with Crippen LogP contribution in [0.25, 0.3) is 0 Å². The van der Waals surface area contributed by atoms with Crippen molar-refractivity contribution in [3.05, 3.63) is 54.1 Å². The van der Waals surface area contributed by atoms with E-state index in [4.69, 9.17) is 9.39 Å². The molecule has 3 rings (SSSR count). The Morgan fingerprint density at radius 3 is 1.74 bits per heavy atom. The Balaban J connectivity index is 1.63. The number of benzene rings is 2. The molecule has 0 unspecified atom stereocenters. The molecule has 0 aliphatic carbocycles. The SMILES string of the molecule is Cc1ccc(Oc2ccc(OB3CC(C)(C)C3(C)C)cc2)cc1. The lowest BCUT2D eigenvalue weighted by Gasteiger charge is -2.55. The molecule has 1 saturated heterocycles. The van der Waals surface area contributed by atoms with E-state index in [0.717, 1.165) is 23.6 Å². The van der Waals surface area contributed by atoms with Gasteiger partial charge in [0.2, 0.25) is 0 Å². The Bertz CT molecular complexity index is 672. The lowest BCUT2D eigenvalue weighted by molar-refractivity contribution is 0.204. The van der Waals surface area contributed by atoms with Crippen molar-refractivity contribution in [2.75, 3.05) is 0 Å². The Hall–Kier alpha value is -1.90. The molecule has 3 heteroatoms. The summed E-state index contributed by atoms with van der Waals surface area (Å²) >= 11 is 0. The highest BCUT2D eigenvalue weighted by Crippen LogP contribution is 2.61.